The second kappa shape index (κ2) is 5.49. The van der Waals surface area contributed by atoms with E-state index >= 15 is 0 Å². The summed E-state index contributed by atoms with van der Waals surface area (Å²) in [5.41, 5.74) is -0.584. The van der Waals surface area contributed by atoms with Gasteiger partial charge < -0.3 is 0 Å². The lowest BCUT2D eigenvalue weighted by atomic mass is 10.1. The van der Waals surface area contributed by atoms with E-state index in [2.05, 4.69) is 15.9 Å². The Morgan fingerprint density at radius 1 is 1.30 bits per heavy atom. The Labute approximate surface area is 121 Å². The molecule has 0 saturated heterocycles. The minimum Gasteiger partial charge on any atom is -0.299 e. The molecule has 7 nitrogen and oxygen atoms in total. The molecule has 0 N–H and O–H groups in total. The van der Waals surface area contributed by atoms with Crippen LogP contribution in [0.2, 0.25) is 0 Å². The highest BCUT2D eigenvalue weighted by molar-refractivity contribution is 9.09. The third kappa shape index (κ3) is 2.34. The fraction of sp³-hybridized carbons (Fsp3) is 0.250. The number of nitro groups is 1. The van der Waals surface area contributed by atoms with Crippen molar-refractivity contribution in [3.05, 3.63) is 39.4 Å². The number of imide groups is 1. The highest BCUT2D eigenvalue weighted by atomic mass is 79.9. The van der Waals surface area contributed by atoms with E-state index < -0.39 is 22.4 Å². The zero-order valence-electron chi connectivity index (χ0n) is 10.2. The highest BCUT2D eigenvalue weighted by Crippen LogP contribution is 2.30. The summed E-state index contributed by atoms with van der Waals surface area (Å²) in [6, 6.07) is 3.90. The van der Waals surface area contributed by atoms with Gasteiger partial charge in [-0.1, -0.05) is 22.0 Å². The molecule has 0 spiro atoms. The first-order chi connectivity index (χ1) is 9.47. The van der Waals surface area contributed by atoms with Gasteiger partial charge in [-0.3, -0.25) is 29.4 Å². The average molecular weight is 341 g/mol. The molecule has 1 aliphatic heterocycles. The topological polar surface area (TPSA) is 97.6 Å². The summed E-state index contributed by atoms with van der Waals surface area (Å²) in [5.74, 6) is -1.48. The van der Waals surface area contributed by atoms with Crippen LogP contribution < -0.4 is 0 Å². The number of carbonyl (C=O) groups excluding carboxylic acids is 3. The van der Waals surface area contributed by atoms with Crippen molar-refractivity contribution in [2.45, 2.75) is 6.42 Å². The molecule has 0 atom stereocenters. The Morgan fingerprint density at radius 3 is 2.60 bits per heavy atom. The zero-order valence-corrected chi connectivity index (χ0v) is 11.8. The van der Waals surface area contributed by atoms with Gasteiger partial charge in [-0.15, -0.1) is 0 Å². The minimum absolute atomic E-state index is 0.00971. The smallest absolute Gasteiger partial charge is 0.282 e. The SMILES string of the molecule is O=C(CBr)CCN1C(=O)c2cccc([N+](=O)[O-])c2C1=O. The van der Waals surface area contributed by atoms with E-state index in [1.165, 1.54) is 18.2 Å². The van der Waals surface area contributed by atoms with Gasteiger partial charge in [0, 0.05) is 19.0 Å². The van der Waals surface area contributed by atoms with Gasteiger partial charge in [0.05, 0.1) is 15.8 Å². The predicted octanol–water partition coefficient (Wildman–Crippen LogP) is 1.54. The van der Waals surface area contributed by atoms with Crippen LogP contribution in [0.4, 0.5) is 5.69 Å². The molecule has 1 aliphatic rings. The number of Topliss-reactive ketones (excluding diaryl/α,β-unsaturated/α-hetero) is 1. The molecule has 0 unspecified atom stereocenters. The van der Waals surface area contributed by atoms with Crippen molar-refractivity contribution in [3.63, 3.8) is 0 Å². The fourth-order valence-corrected chi connectivity index (χ4v) is 2.25. The molecule has 0 aromatic heterocycles. The number of carbonyl (C=O) groups is 3. The van der Waals surface area contributed by atoms with Gasteiger partial charge >= 0.3 is 0 Å². The molecule has 0 bridgehead atoms. The van der Waals surface area contributed by atoms with Gasteiger partial charge in [0.25, 0.3) is 17.5 Å². The Morgan fingerprint density at radius 2 is 2.00 bits per heavy atom. The Kier molecular flexibility index (Phi) is 3.93. The van der Waals surface area contributed by atoms with E-state index in [1.54, 1.807) is 0 Å². The normalized spacial score (nSPS) is 13.6. The second-order valence-corrected chi connectivity index (χ2v) is 4.70. The van der Waals surface area contributed by atoms with Crippen molar-refractivity contribution in [3.8, 4) is 0 Å². The van der Waals surface area contributed by atoms with Crippen LogP contribution in [0.25, 0.3) is 0 Å². The molecule has 2 rings (SSSR count). The van der Waals surface area contributed by atoms with Crippen molar-refractivity contribution in [2.75, 3.05) is 11.9 Å². The molecule has 2 amide bonds. The van der Waals surface area contributed by atoms with Crippen LogP contribution in [0.15, 0.2) is 18.2 Å². The zero-order chi connectivity index (χ0) is 14.9. The van der Waals surface area contributed by atoms with Crippen molar-refractivity contribution in [1.29, 1.82) is 0 Å². The van der Waals surface area contributed by atoms with Crippen LogP contribution in [-0.2, 0) is 4.79 Å². The van der Waals surface area contributed by atoms with Crippen LogP contribution in [0.1, 0.15) is 27.1 Å². The quantitative estimate of drug-likeness (QED) is 0.350. The van der Waals surface area contributed by atoms with Crippen molar-refractivity contribution >= 4 is 39.2 Å². The van der Waals surface area contributed by atoms with Crippen LogP contribution >= 0.6 is 15.9 Å². The summed E-state index contributed by atoms with van der Waals surface area (Å²) in [4.78, 5) is 46.4. The molecular weight excluding hydrogens is 332 g/mol. The van der Waals surface area contributed by atoms with E-state index in [0.717, 1.165) is 4.90 Å². The summed E-state index contributed by atoms with van der Waals surface area (Å²) in [6.07, 6.45) is 0.0184. The molecule has 0 aliphatic carbocycles. The molecule has 8 heteroatoms. The lowest BCUT2D eigenvalue weighted by molar-refractivity contribution is -0.385. The summed E-state index contributed by atoms with van der Waals surface area (Å²) in [6.45, 7) is -0.0755. The molecule has 1 heterocycles. The maximum absolute atomic E-state index is 12.1. The van der Waals surface area contributed by atoms with Crippen LogP contribution in [-0.4, -0.2) is 39.3 Å². The number of benzene rings is 1. The lowest BCUT2D eigenvalue weighted by Crippen LogP contribution is -2.32. The van der Waals surface area contributed by atoms with Gasteiger partial charge in [0.15, 0.2) is 0 Å². The fourth-order valence-electron chi connectivity index (χ4n) is 1.97. The molecule has 0 fully saturated rings. The molecular formula is C12H9BrN2O5. The van der Waals surface area contributed by atoms with Crippen molar-refractivity contribution < 1.29 is 19.3 Å². The summed E-state index contributed by atoms with van der Waals surface area (Å²) in [7, 11) is 0. The number of ketones is 1. The molecule has 0 radical (unpaired) electrons. The summed E-state index contributed by atoms with van der Waals surface area (Å²) in [5, 5.41) is 11.0. The Hall–Kier alpha value is -2.09. The van der Waals surface area contributed by atoms with Gasteiger partial charge in [0.2, 0.25) is 0 Å². The number of halogens is 1. The van der Waals surface area contributed by atoms with E-state index in [1.807, 2.05) is 0 Å². The van der Waals surface area contributed by atoms with Crippen molar-refractivity contribution in [2.24, 2.45) is 0 Å². The number of rotatable bonds is 5. The third-order valence-corrected chi connectivity index (χ3v) is 3.56. The number of hydrogen-bond acceptors (Lipinski definition) is 5. The van der Waals surface area contributed by atoms with Gasteiger partial charge in [-0.25, -0.2) is 0 Å². The first kappa shape index (κ1) is 14.3. The van der Waals surface area contributed by atoms with Gasteiger partial charge in [0.1, 0.15) is 11.3 Å². The third-order valence-electron chi connectivity index (χ3n) is 2.94. The Bertz CT molecular complexity index is 628. The van der Waals surface area contributed by atoms with E-state index in [-0.39, 0.29) is 35.2 Å². The molecule has 1 aromatic rings. The standard InChI is InChI=1S/C12H9BrN2O5/c13-6-7(16)4-5-14-11(17)8-2-1-3-9(15(19)20)10(8)12(14)18/h1-3H,4-6H2. The number of nitrogens with zero attached hydrogens (tertiary/aromatic N) is 2. The lowest BCUT2D eigenvalue weighted by Gasteiger charge is -2.12. The number of nitro benzene ring substituents is 1. The molecule has 0 saturated carbocycles. The minimum atomic E-state index is -0.723. The number of hydrogen-bond donors (Lipinski definition) is 0. The van der Waals surface area contributed by atoms with Crippen molar-refractivity contribution in [1.82, 2.24) is 4.90 Å². The van der Waals surface area contributed by atoms with Gasteiger partial charge in [-0.2, -0.15) is 0 Å². The largest absolute Gasteiger partial charge is 0.299 e. The number of fused-ring (bicyclic) bond motifs is 1. The molecule has 20 heavy (non-hydrogen) atoms. The first-order valence-electron chi connectivity index (χ1n) is 5.68. The summed E-state index contributed by atoms with van der Waals surface area (Å²) >= 11 is 2.99. The van der Waals surface area contributed by atoms with Crippen LogP contribution in [0.3, 0.4) is 0 Å². The monoisotopic (exact) mass is 340 g/mol. The second-order valence-electron chi connectivity index (χ2n) is 4.14. The average Bonchev–Trinajstić information content (AvgIpc) is 2.68. The van der Waals surface area contributed by atoms with E-state index in [0.29, 0.717) is 0 Å². The first-order valence-corrected chi connectivity index (χ1v) is 6.80. The highest BCUT2D eigenvalue weighted by Gasteiger charge is 2.40. The predicted molar refractivity (Wildman–Crippen MR) is 71.9 cm³/mol. The van der Waals surface area contributed by atoms with E-state index in [4.69, 9.17) is 0 Å². The maximum atomic E-state index is 12.1. The van der Waals surface area contributed by atoms with E-state index in [9.17, 15) is 24.5 Å². The summed E-state index contributed by atoms with van der Waals surface area (Å²) < 4.78 is 0. The maximum Gasteiger partial charge on any atom is 0.282 e. The Balaban J connectivity index is 2.33. The molecule has 104 valence electrons. The molecule has 1 aromatic carbocycles. The van der Waals surface area contributed by atoms with Gasteiger partial charge in [-0.05, 0) is 6.07 Å². The number of alkyl halides is 1. The number of amides is 2. The van der Waals surface area contributed by atoms with Crippen LogP contribution in [0, 0.1) is 10.1 Å². The van der Waals surface area contributed by atoms with Crippen LogP contribution in [0.5, 0.6) is 0 Å².